The lowest BCUT2D eigenvalue weighted by atomic mass is 10.2. The zero-order valence-electron chi connectivity index (χ0n) is 10.5. The van der Waals surface area contributed by atoms with Crippen LogP contribution in [0.4, 0.5) is 4.39 Å². The number of hydrogen-bond acceptors (Lipinski definition) is 2. The van der Waals surface area contributed by atoms with Gasteiger partial charge in [0, 0.05) is 25.5 Å². The van der Waals surface area contributed by atoms with Gasteiger partial charge in [0.1, 0.15) is 18.2 Å². The molecule has 4 heteroatoms. The molecule has 0 aliphatic heterocycles. The van der Waals surface area contributed by atoms with Crippen LogP contribution in [-0.4, -0.2) is 25.7 Å². The Hall–Kier alpha value is -1.24. The minimum absolute atomic E-state index is 0.0312. The topological polar surface area (TPSA) is 18.5 Å². The molecule has 18 heavy (non-hydrogen) atoms. The molecule has 0 bridgehead atoms. The molecule has 0 saturated heterocycles. The summed E-state index contributed by atoms with van der Waals surface area (Å²) in [5.74, 6) is 6.05. The van der Waals surface area contributed by atoms with Crippen LogP contribution in [0.15, 0.2) is 18.2 Å². The van der Waals surface area contributed by atoms with Gasteiger partial charge in [0.05, 0.1) is 11.7 Å². The van der Waals surface area contributed by atoms with E-state index < -0.39 is 0 Å². The van der Waals surface area contributed by atoms with Crippen LogP contribution >= 0.6 is 11.6 Å². The van der Waals surface area contributed by atoms with E-state index in [9.17, 15) is 4.39 Å². The van der Waals surface area contributed by atoms with Gasteiger partial charge in [0.15, 0.2) is 0 Å². The van der Waals surface area contributed by atoms with E-state index in [4.69, 9.17) is 21.1 Å². The van der Waals surface area contributed by atoms with Crippen LogP contribution in [0.5, 0.6) is 5.75 Å². The van der Waals surface area contributed by atoms with Gasteiger partial charge in [-0.1, -0.05) is 11.8 Å². The van der Waals surface area contributed by atoms with Crippen molar-refractivity contribution in [3.05, 3.63) is 29.6 Å². The smallest absolute Gasteiger partial charge is 0.142 e. The van der Waals surface area contributed by atoms with Crippen LogP contribution in [0.2, 0.25) is 0 Å². The Morgan fingerprint density at radius 2 is 2.22 bits per heavy atom. The molecule has 2 nitrogen and oxygen atoms in total. The summed E-state index contributed by atoms with van der Waals surface area (Å²) in [4.78, 5) is 0. The molecule has 1 aromatic rings. The Balaban J connectivity index is 2.65. The molecule has 1 atom stereocenters. The molecule has 0 heterocycles. The van der Waals surface area contributed by atoms with Crippen molar-refractivity contribution in [2.75, 3.05) is 19.6 Å². The first-order valence-electron chi connectivity index (χ1n) is 5.67. The fourth-order valence-corrected chi connectivity index (χ4v) is 1.27. The largest absolute Gasteiger partial charge is 0.491 e. The summed E-state index contributed by atoms with van der Waals surface area (Å²) in [6.45, 7) is 2.26. The zero-order valence-corrected chi connectivity index (χ0v) is 11.3. The highest BCUT2D eigenvalue weighted by molar-refractivity contribution is 6.18. The van der Waals surface area contributed by atoms with E-state index in [-0.39, 0.29) is 11.9 Å². The van der Waals surface area contributed by atoms with Crippen LogP contribution in [0.1, 0.15) is 18.9 Å². The minimum atomic E-state index is -0.389. The van der Waals surface area contributed by atoms with Gasteiger partial charge in [0.25, 0.3) is 0 Å². The van der Waals surface area contributed by atoms with E-state index in [0.717, 1.165) is 0 Å². The first-order chi connectivity index (χ1) is 8.67. The van der Waals surface area contributed by atoms with E-state index >= 15 is 0 Å². The molecular formula is C14H16ClFO2. The molecule has 0 aromatic heterocycles. The highest BCUT2D eigenvalue weighted by Crippen LogP contribution is 2.16. The molecule has 0 amide bonds. The van der Waals surface area contributed by atoms with E-state index in [0.29, 0.717) is 30.2 Å². The highest BCUT2D eigenvalue weighted by Gasteiger charge is 2.04. The zero-order chi connectivity index (χ0) is 13.4. The van der Waals surface area contributed by atoms with Crippen molar-refractivity contribution < 1.29 is 13.9 Å². The third-order valence-corrected chi connectivity index (χ3v) is 2.46. The molecule has 98 valence electrons. The first kappa shape index (κ1) is 14.8. The van der Waals surface area contributed by atoms with Crippen LogP contribution in [-0.2, 0) is 4.74 Å². The van der Waals surface area contributed by atoms with Gasteiger partial charge >= 0.3 is 0 Å². The van der Waals surface area contributed by atoms with Crippen molar-refractivity contribution in [3.63, 3.8) is 0 Å². The van der Waals surface area contributed by atoms with Crippen molar-refractivity contribution in [1.29, 1.82) is 0 Å². The third kappa shape index (κ3) is 4.95. The van der Waals surface area contributed by atoms with E-state index in [2.05, 4.69) is 11.8 Å². The van der Waals surface area contributed by atoms with Crippen molar-refractivity contribution in [1.82, 2.24) is 0 Å². The number of halogens is 2. The monoisotopic (exact) mass is 270 g/mol. The van der Waals surface area contributed by atoms with Gasteiger partial charge in [-0.05, 0) is 19.1 Å². The summed E-state index contributed by atoms with van der Waals surface area (Å²) in [6.07, 6.45) is 0.515. The Morgan fingerprint density at radius 1 is 1.44 bits per heavy atom. The van der Waals surface area contributed by atoms with Crippen molar-refractivity contribution >= 4 is 11.6 Å². The lowest BCUT2D eigenvalue weighted by molar-refractivity contribution is 0.0715. The van der Waals surface area contributed by atoms with Gasteiger partial charge in [0.2, 0.25) is 0 Å². The average molecular weight is 271 g/mol. The predicted octanol–water partition coefficient (Wildman–Crippen LogP) is 3.22. The molecule has 1 rings (SSSR count). The van der Waals surface area contributed by atoms with E-state index in [1.54, 1.807) is 19.2 Å². The van der Waals surface area contributed by atoms with Crippen molar-refractivity contribution in [2.24, 2.45) is 0 Å². The van der Waals surface area contributed by atoms with Gasteiger partial charge < -0.3 is 9.47 Å². The summed E-state index contributed by atoms with van der Waals surface area (Å²) in [7, 11) is 1.60. The summed E-state index contributed by atoms with van der Waals surface area (Å²) >= 11 is 5.49. The molecule has 1 unspecified atom stereocenters. The number of alkyl halides is 1. The van der Waals surface area contributed by atoms with Crippen molar-refractivity contribution in [3.8, 4) is 17.6 Å². The Labute approximate surface area is 112 Å². The second kappa shape index (κ2) is 7.97. The lowest BCUT2D eigenvalue weighted by Gasteiger charge is -2.11. The number of ether oxygens (including phenoxy) is 2. The molecule has 0 fully saturated rings. The molecular weight excluding hydrogens is 255 g/mol. The first-order valence-corrected chi connectivity index (χ1v) is 6.20. The lowest BCUT2D eigenvalue weighted by Crippen LogP contribution is -2.15. The average Bonchev–Trinajstić information content (AvgIpc) is 2.38. The molecule has 0 aliphatic rings. The van der Waals surface area contributed by atoms with Gasteiger partial charge in [-0.25, -0.2) is 4.39 Å². The van der Waals surface area contributed by atoms with Gasteiger partial charge in [-0.15, -0.1) is 11.6 Å². The summed E-state index contributed by atoms with van der Waals surface area (Å²) < 4.78 is 24.1. The SMILES string of the molecule is COC(C)COc1ccc(C#CCCCl)c(F)c1. The summed E-state index contributed by atoms with van der Waals surface area (Å²) in [5.41, 5.74) is 0.354. The van der Waals surface area contributed by atoms with E-state index in [1.165, 1.54) is 6.07 Å². The minimum Gasteiger partial charge on any atom is -0.491 e. The van der Waals surface area contributed by atoms with Crippen LogP contribution in [0.25, 0.3) is 0 Å². The second-order valence-electron chi connectivity index (χ2n) is 3.74. The molecule has 0 saturated carbocycles. The molecule has 0 spiro atoms. The van der Waals surface area contributed by atoms with Crippen LogP contribution < -0.4 is 4.74 Å². The quantitative estimate of drug-likeness (QED) is 0.604. The van der Waals surface area contributed by atoms with Crippen molar-refractivity contribution in [2.45, 2.75) is 19.4 Å². The maximum absolute atomic E-state index is 13.6. The number of rotatable bonds is 5. The van der Waals surface area contributed by atoms with Crippen LogP contribution in [0.3, 0.4) is 0 Å². The standard InChI is InChI=1S/C14H16ClFO2/c1-11(17-2)10-18-13-7-6-12(14(16)9-13)5-3-4-8-15/h6-7,9,11H,4,8,10H2,1-2H3. The fourth-order valence-electron chi connectivity index (χ4n) is 1.17. The molecule has 0 aliphatic carbocycles. The van der Waals surface area contributed by atoms with Crippen LogP contribution in [0, 0.1) is 17.7 Å². The van der Waals surface area contributed by atoms with Gasteiger partial charge in [-0.3, -0.25) is 0 Å². The third-order valence-electron chi connectivity index (χ3n) is 2.27. The Kier molecular flexibility index (Phi) is 6.56. The normalized spacial score (nSPS) is 11.6. The molecule has 0 radical (unpaired) electrons. The highest BCUT2D eigenvalue weighted by atomic mass is 35.5. The maximum atomic E-state index is 13.6. The molecule has 1 aromatic carbocycles. The maximum Gasteiger partial charge on any atom is 0.142 e. The number of hydrogen-bond donors (Lipinski definition) is 0. The Morgan fingerprint density at radius 3 is 2.83 bits per heavy atom. The molecule has 0 N–H and O–H groups in total. The summed E-state index contributed by atoms with van der Waals surface area (Å²) in [5, 5.41) is 0. The Bertz CT molecular complexity index is 437. The fraction of sp³-hybridized carbons (Fsp3) is 0.429. The van der Waals surface area contributed by atoms with Gasteiger partial charge in [-0.2, -0.15) is 0 Å². The number of benzene rings is 1. The predicted molar refractivity (Wildman–Crippen MR) is 70.6 cm³/mol. The van der Waals surface area contributed by atoms with E-state index in [1.807, 2.05) is 6.92 Å². The second-order valence-corrected chi connectivity index (χ2v) is 4.12. The summed E-state index contributed by atoms with van der Waals surface area (Å²) in [6, 6.07) is 4.62. The number of methoxy groups -OCH3 is 1.